The molecule has 21 heavy (non-hydrogen) atoms. The van der Waals surface area contributed by atoms with Gasteiger partial charge in [-0.05, 0) is 45.8 Å². The summed E-state index contributed by atoms with van der Waals surface area (Å²) in [7, 11) is 1.43. The van der Waals surface area contributed by atoms with E-state index in [1.165, 1.54) is 25.3 Å². The number of halogens is 2. The Morgan fingerprint density at radius 3 is 2.67 bits per heavy atom. The van der Waals surface area contributed by atoms with Gasteiger partial charge in [-0.15, -0.1) is 0 Å². The van der Waals surface area contributed by atoms with Crippen LogP contribution in [0.25, 0.3) is 0 Å². The molecule has 7 heteroatoms. The van der Waals surface area contributed by atoms with Crippen molar-refractivity contribution in [1.82, 2.24) is 0 Å². The van der Waals surface area contributed by atoms with E-state index in [9.17, 15) is 14.5 Å². The molecule has 2 aromatic carbocycles. The van der Waals surface area contributed by atoms with Crippen LogP contribution in [-0.2, 0) is 6.61 Å². The van der Waals surface area contributed by atoms with Gasteiger partial charge in [-0.3, -0.25) is 10.1 Å². The Labute approximate surface area is 128 Å². The van der Waals surface area contributed by atoms with Gasteiger partial charge in [0.05, 0.1) is 22.6 Å². The minimum Gasteiger partial charge on any atom is -0.496 e. The first-order chi connectivity index (χ1) is 10.0. The van der Waals surface area contributed by atoms with Crippen molar-refractivity contribution in [2.24, 2.45) is 0 Å². The third kappa shape index (κ3) is 3.69. The first-order valence-corrected chi connectivity index (χ1v) is 6.69. The van der Waals surface area contributed by atoms with Crippen molar-refractivity contribution in [1.29, 1.82) is 0 Å². The molecule has 0 saturated carbocycles. The first kappa shape index (κ1) is 15.2. The van der Waals surface area contributed by atoms with Crippen molar-refractivity contribution in [3.05, 3.63) is 62.4 Å². The molecular weight excluding hydrogens is 345 g/mol. The van der Waals surface area contributed by atoms with Crippen LogP contribution >= 0.6 is 15.9 Å². The predicted octanol–water partition coefficient (Wildman–Crippen LogP) is 4.08. The molecule has 0 radical (unpaired) electrons. The summed E-state index contributed by atoms with van der Waals surface area (Å²) in [5.74, 6) is 0.119. The molecule has 0 aliphatic heterocycles. The van der Waals surface area contributed by atoms with Crippen LogP contribution < -0.4 is 9.47 Å². The van der Waals surface area contributed by atoms with E-state index >= 15 is 0 Å². The van der Waals surface area contributed by atoms with Crippen molar-refractivity contribution < 1.29 is 18.8 Å². The summed E-state index contributed by atoms with van der Waals surface area (Å²) in [6.07, 6.45) is 0. The zero-order chi connectivity index (χ0) is 15.4. The molecule has 2 rings (SSSR count). The van der Waals surface area contributed by atoms with Gasteiger partial charge in [0.1, 0.15) is 18.2 Å². The van der Waals surface area contributed by atoms with E-state index in [1.54, 1.807) is 18.2 Å². The van der Waals surface area contributed by atoms with Crippen LogP contribution in [0.1, 0.15) is 5.56 Å². The van der Waals surface area contributed by atoms with E-state index in [1.807, 2.05) is 0 Å². The monoisotopic (exact) mass is 355 g/mol. The third-order valence-electron chi connectivity index (χ3n) is 2.74. The third-order valence-corrected chi connectivity index (χ3v) is 3.35. The lowest BCUT2D eigenvalue weighted by molar-refractivity contribution is -0.386. The van der Waals surface area contributed by atoms with Gasteiger partial charge >= 0.3 is 5.69 Å². The standard InChI is InChI=1S/C14H11BrFNO4/c1-20-10-3-5-14(13(7-10)17(18)19)21-8-9-2-4-12(16)11(15)6-9/h2-7H,8H2,1H3. The smallest absolute Gasteiger partial charge is 0.314 e. The molecule has 110 valence electrons. The highest BCUT2D eigenvalue weighted by molar-refractivity contribution is 9.10. The lowest BCUT2D eigenvalue weighted by Crippen LogP contribution is -2.00. The molecule has 0 spiro atoms. The van der Waals surface area contributed by atoms with Gasteiger partial charge in [0.15, 0.2) is 5.75 Å². The Morgan fingerprint density at radius 2 is 2.05 bits per heavy atom. The molecule has 0 N–H and O–H groups in total. The van der Waals surface area contributed by atoms with Crippen LogP contribution in [0.3, 0.4) is 0 Å². The van der Waals surface area contributed by atoms with Crippen LogP contribution in [0.4, 0.5) is 10.1 Å². The van der Waals surface area contributed by atoms with Crippen molar-refractivity contribution in [3.8, 4) is 11.5 Å². The number of nitrogens with zero attached hydrogens (tertiary/aromatic N) is 1. The van der Waals surface area contributed by atoms with Gasteiger partial charge < -0.3 is 9.47 Å². The maximum Gasteiger partial charge on any atom is 0.314 e. The fourth-order valence-electron chi connectivity index (χ4n) is 1.68. The van der Waals surface area contributed by atoms with Gasteiger partial charge in [-0.25, -0.2) is 4.39 Å². The summed E-state index contributed by atoms with van der Waals surface area (Å²) in [5, 5.41) is 11.0. The van der Waals surface area contributed by atoms with Crippen molar-refractivity contribution in [2.45, 2.75) is 6.61 Å². The van der Waals surface area contributed by atoms with E-state index in [2.05, 4.69) is 15.9 Å². The maximum atomic E-state index is 13.1. The first-order valence-electron chi connectivity index (χ1n) is 5.90. The van der Waals surface area contributed by atoms with Crippen molar-refractivity contribution in [2.75, 3.05) is 7.11 Å². The number of benzene rings is 2. The summed E-state index contributed by atoms with van der Waals surface area (Å²) in [5.41, 5.74) is 0.504. The fraction of sp³-hybridized carbons (Fsp3) is 0.143. The molecule has 2 aromatic rings. The second kappa shape index (κ2) is 6.53. The highest BCUT2D eigenvalue weighted by Crippen LogP contribution is 2.31. The molecule has 0 saturated heterocycles. The lowest BCUT2D eigenvalue weighted by atomic mass is 10.2. The van der Waals surface area contributed by atoms with E-state index in [-0.39, 0.29) is 23.9 Å². The van der Waals surface area contributed by atoms with Crippen LogP contribution in [0.15, 0.2) is 40.9 Å². The van der Waals surface area contributed by atoms with Gasteiger partial charge in [0, 0.05) is 0 Å². The Morgan fingerprint density at radius 1 is 1.29 bits per heavy atom. The fourth-order valence-corrected chi connectivity index (χ4v) is 2.11. The number of nitro groups is 1. The number of rotatable bonds is 5. The van der Waals surface area contributed by atoms with Crippen molar-refractivity contribution in [3.63, 3.8) is 0 Å². The molecule has 0 unspecified atom stereocenters. The largest absolute Gasteiger partial charge is 0.496 e. The summed E-state index contributed by atoms with van der Waals surface area (Å²) in [6.45, 7) is 0.0893. The molecule has 0 aliphatic carbocycles. The topological polar surface area (TPSA) is 61.6 Å². The number of methoxy groups -OCH3 is 1. The van der Waals surface area contributed by atoms with E-state index in [0.29, 0.717) is 15.8 Å². The second-order valence-electron chi connectivity index (χ2n) is 4.13. The van der Waals surface area contributed by atoms with Crippen LogP contribution in [0.5, 0.6) is 11.5 Å². The highest BCUT2D eigenvalue weighted by atomic mass is 79.9. The number of nitro benzene ring substituents is 1. The maximum absolute atomic E-state index is 13.1. The number of hydrogen-bond acceptors (Lipinski definition) is 4. The summed E-state index contributed by atoms with van der Waals surface area (Å²) in [4.78, 5) is 10.5. The zero-order valence-electron chi connectivity index (χ0n) is 11.0. The molecule has 0 amide bonds. The average Bonchev–Trinajstić information content (AvgIpc) is 2.48. The minimum atomic E-state index is -0.543. The van der Waals surface area contributed by atoms with E-state index in [0.717, 1.165) is 0 Å². The van der Waals surface area contributed by atoms with Crippen molar-refractivity contribution >= 4 is 21.6 Å². The zero-order valence-corrected chi connectivity index (χ0v) is 12.6. The summed E-state index contributed by atoms with van der Waals surface area (Å²) >= 11 is 3.07. The second-order valence-corrected chi connectivity index (χ2v) is 4.98. The summed E-state index contributed by atoms with van der Waals surface area (Å²) in [6, 6.07) is 8.74. The van der Waals surface area contributed by atoms with E-state index in [4.69, 9.17) is 9.47 Å². The average molecular weight is 356 g/mol. The Hall–Kier alpha value is -2.15. The molecule has 0 fully saturated rings. The van der Waals surface area contributed by atoms with Gasteiger partial charge in [-0.2, -0.15) is 0 Å². The predicted molar refractivity (Wildman–Crippen MR) is 78.1 cm³/mol. The summed E-state index contributed by atoms with van der Waals surface area (Å²) < 4.78 is 23.8. The van der Waals surface area contributed by atoms with Crippen LogP contribution in [0, 0.1) is 15.9 Å². The van der Waals surface area contributed by atoms with Gasteiger partial charge in [-0.1, -0.05) is 6.07 Å². The van der Waals surface area contributed by atoms with Gasteiger partial charge in [0.25, 0.3) is 0 Å². The van der Waals surface area contributed by atoms with Crippen LogP contribution in [0.2, 0.25) is 0 Å². The SMILES string of the molecule is COc1ccc(OCc2ccc(F)c(Br)c2)c([N+](=O)[O-])c1. The molecule has 0 aromatic heterocycles. The quantitative estimate of drug-likeness (QED) is 0.598. The molecule has 0 aliphatic rings. The lowest BCUT2D eigenvalue weighted by Gasteiger charge is -2.08. The highest BCUT2D eigenvalue weighted by Gasteiger charge is 2.16. The Kier molecular flexibility index (Phi) is 4.74. The number of hydrogen-bond donors (Lipinski definition) is 0. The molecule has 0 atom stereocenters. The van der Waals surface area contributed by atoms with Crippen LogP contribution in [-0.4, -0.2) is 12.0 Å². The van der Waals surface area contributed by atoms with E-state index < -0.39 is 4.92 Å². The molecule has 0 heterocycles. The van der Waals surface area contributed by atoms with Gasteiger partial charge in [0.2, 0.25) is 0 Å². The molecule has 0 bridgehead atoms. The normalized spacial score (nSPS) is 10.2. The Bertz CT molecular complexity index is 678. The Balaban J connectivity index is 2.19. The molecule has 5 nitrogen and oxygen atoms in total. The molecular formula is C14H11BrFNO4. The number of ether oxygens (including phenoxy) is 2. The minimum absolute atomic E-state index is 0.0893.